The fourth-order valence-corrected chi connectivity index (χ4v) is 0. The summed E-state index contributed by atoms with van der Waals surface area (Å²) >= 11 is 4.74. The molecule has 0 aliphatic carbocycles. The van der Waals surface area contributed by atoms with Crippen molar-refractivity contribution in [3.8, 4) is 0 Å². The van der Waals surface area contributed by atoms with Crippen LogP contribution in [0.15, 0.2) is 0 Å². The van der Waals surface area contributed by atoms with Crippen molar-refractivity contribution in [2.45, 2.75) is 13.3 Å². The zero-order chi connectivity index (χ0) is 6.12. The van der Waals surface area contributed by atoms with Crippen molar-refractivity contribution in [3.63, 3.8) is 0 Å². The second kappa shape index (κ2) is 15.6. The van der Waals surface area contributed by atoms with Gasteiger partial charge in [0, 0.05) is 6.42 Å². The third-order valence-electron chi connectivity index (χ3n) is 0.167. The monoisotopic (exact) mass is 363 g/mol. The molecule has 0 atom stereocenters. The topological polar surface area (TPSA) is 17.1 Å². The molecule has 4 heteroatoms. The molecule has 0 saturated heterocycles. The van der Waals surface area contributed by atoms with Gasteiger partial charge in [-0.1, -0.05) is 6.92 Å². The van der Waals surface area contributed by atoms with Crippen molar-refractivity contribution in [3.05, 3.63) is 0 Å². The summed E-state index contributed by atoms with van der Waals surface area (Å²) in [6.07, 6.45) is 1.51. The molecular formula is C3H6I2OV. The summed E-state index contributed by atoms with van der Waals surface area (Å²) in [5.41, 5.74) is 0. The SMILES string of the molecule is CCC=O.[I][V][I]. The Bertz CT molecular complexity index is 34.1. The summed E-state index contributed by atoms with van der Waals surface area (Å²) in [4.78, 5) is 9.17. The van der Waals surface area contributed by atoms with E-state index >= 15 is 0 Å². The molecule has 0 heterocycles. The molecule has 0 aromatic carbocycles. The first-order valence-electron chi connectivity index (χ1n) is 1.69. The van der Waals surface area contributed by atoms with Crippen molar-refractivity contribution in [1.29, 1.82) is 0 Å². The maximum atomic E-state index is 9.17. The van der Waals surface area contributed by atoms with Crippen LogP contribution < -0.4 is 0 Å². The summed E-state index contributed by atoms with van der Waals surface area (Å²) in [6.45, 7) is 1.81. The molecule has 0 aliphatic rings. The fraction of sp³-hybridized carbons (Fsp3) is 0.667. The molecule has 0 bridgehead atoms. The van der Waals surface area contributed by atoms with E-state index in [1.165, 1.54) is 0 Å². The van der Waals surface area contributed by atoms with Gasteiger partial charge in [0.05, 0.1) is 0 Å². The number of aldehydes is 1. The van der Waals surface area contributed by atoms with Gasteiger partial charge in [0.25, 0.3) is 0 Å². The molecule has 0 fully saturated rings. The van der Waals surface area contributed by atoms with Gasteiger partial charge in [0.2, 0.25) is 0 Å². The first-order valence-corrected chi connectivity index (χ1v) is 10.7. The van der Waals surface area contributed by atoms with Crippen molar-refractivity contribution >= 4 is 46.2 Å². The number of carbonyl (C=O) groups is 1. The fourth-order valence-electron chi connectivity index (χ4n) is 0. The van der Waals surface area contributed by atoms with Gasteiger partial charge in [-0.2, -0.15) is 0 Å². The standard InChI is InChI=1S/C3H6O.2HI.V/c1-2-3-4;;;/h3H,2H2,1H3;2*1H;/q;;;+2/p-2. The van der Waals surface area contributed by atoms with Crippen LogP contribution in [0.4, 0.5) is 0 Å². The second-order valence-electron chi connectivity index (χ2n) is 0.639. The Morgan fingerprint density at radius 3 is 1.86 bits per heavy atom. The van der Waals surface area contributed by atoms with Crippen molar-refractivity contribution in [2.24, 2.45) is 0 Å². The first kappa shape index (κ1) is 11.5. The third kappa shape index (κ3) is 34.2. The molecule has 43 valence electrons. The van der Waals surface area contributed by atoms with E-state index in [0.717, 1.165) is 6.29 Å². The molecule has 0 rings (SSSR count). The Kier molecular flexibility index (Phi) is 25.7. The molecule has 0 amide bonds. The molecule has 0 unspecified atom stereocenters. The zero-order valence-electron chi connectivity index (χ0n) is 3.90. The Labute approximate surface area is 72.8 Å². The first-order chi connectivity index (χ1) is 3.33. The van der Waals surface area contributed by atoms with Crippen LogP contribution in [0.2, 0.25) is 0 Å². The summed E-state index contributed by atoms with van der Waals surface area (Å²) in [5, 5.41) is 0. The number of halogens is 2. The minimum absolute atomic E-state index is 0.628. The molecule has 1 nitrogen and oxygen atoms in total. The molecule has 0 saturated carbocycles. The number of hydrogen-bond donors (Lipinski definition) is 0. The molecule has 0 radical (unpaired) electrons. The Morgan fingerprint density at radius 2 is 1.86 bits per heavy atom. The number of carbonyl (C=O) groups excluding carboxylic acids is 1. The zero-order valence-corrected chi connectivity index (χ0v) is 9.61. The predicted octanol–water partition coefficient (Wildman–Crippen LogP) is 2.36. The molecule has 0 aliphatic heterocycles. The van der Waals surface area contributed by atoms with Gasteiger partial charge in [-0.3, -0.25) is 0 Å². The van der Waals surface area contributed by atoms with Gasteiger partial charge in [-0.25, -0.2) is 0 Å². The molecular weight excluding hydrogens is 357 g/mol. The second-order valence-corrected chi connectivity index (χ2v) is 12.4. The van der Waals surface area contributed by atoms with Gasteiger partial charge in [-0.15, -0.1) is 0 Å². The molecule has 0 spiro atoms. The number of hydrogen-bond acceptors (Lipinski definition) is 1. The predicted molar refractivity (Wildman–Crippen MR) is 44.4 cm³/mol. The van der Waals surface area contributed by atoms with Crippen LogP contribution in [-0.2, 0) is 14.3 Å². The van der Waals surface area contributed by atoms with E-state index < -0.39 is 0 Å². The Morgan fingerprint density at radius 1 is 1.71 bits per heavy atom. The van der Waals surface area contributed by atoms with Crippen LogP contribution in [0.3, 0.4) is 0 Å². The van der Waals surface area contributed by atoms with E-state index in [-0.39, 0.29) is 0 Å². The molecule has 0 aromatic rings. The quantitative estimate of drug-likeness (QED) is 0.517. The average Bonchev–Trinajstić information content (AvgIpc) is 1.69. The van der Waals surface area contributed by atoms with Crippen molar-refractivity contribution in [1.82, 2.24) is 0 Å². The maximum absolute atomic E-state index is 9.17. The molecule has 7 heavy (non-hydrogen) atoms. The van der Waals surface area contributed by atoms with E-state index in [1.54, 1.807) is 0 Å². The summed E-state index contributed by atoms with van der Waals surface area (Å²) in [7, 11) is 0.628. The van der Waals surface area contributed by atoms with Crippen LogP contribution in [0.25, 0.3) is 0 Å². The Hall–Kier alpha value is 1.71. The van der Waals surface area contributed by atoms with Crippen LogP contribution in [0.1, 0.15) is 13.3 Å². The third-order valence-corrected chi connectivity index (χ3v) is 0.167. The molecule has 0 aromatic heterocycles. The van der Waals surface area contributed by atoms with Crippen LogP contribution in [-0.4, -0.2) is 6.29 Å². The van der Waals surface area contributed by atoms with Gasteiger partial charge in [-0.05, 0) is 0 Å². The normalized spacial score (nSPS) is 5.57. The minimum atomic E-state index is 0.628. The summed E-state index contributed by atoms with van der Waals surface area (Å²) in [5.74, 6) is 0. The van der Waals surface area contributed by atoms with Gasteiger partial charge in [0.15, 0.2) is 0 Å². The van der Waals surface area contributed by atoms with E-state index in [1.807, 2.05) is 6.92 Å². The number of rotatable bonds is 1. The van der Waals surface area contributed by atoms with Gasteiger partial charge >= 0.3 is 49.4 Å². The van der Waals surface area contributed by atoms with Crippen LogP contribution >= 0.6 is 40.0 Å². The van der Waals surface area contributed by atoms with Gasteiger partial charge < -0.3 is 4.79 Å². The summed E-state index contributed by atoms with van der Waals surface area (Å²) < 4.78 is 0. The Balaban J connectivity index is 0. The molecule has 0 N–H and O–H groups in total. The summed E-state index contributed by atoms with van der Waals surface area (Å²) in [6, 6.07) is 0. The van der Waals surface area contributed by atoms with Crippen molar-refractivity contribution < 1.29 is 14.3 Å². The van der Waals surface area contributed by atoms with E-state index in [0.29, 0.717) is 15.9 Å². The van der Waals surface area contributed by atoms with Crippen LogP contribution in [0, 0.1) is 0 Å². The van der Waals surface area contributed by atoms with Crippen molar-refractivity contribution in [2.75, 3.05) is 0 Å². The van der Waals surface area contributed by atoms with Gasteiger partial charge in [0.1, 0.15) is 6.29 Å². The van der Waals surface area contributed by atoms with E-state index in [2.05, 4.69) is 40.0 Å². The van der Waals surface area contributed by atoms with E-state index in [9.17, 15) is 4.79 Å². The van der Waals surface area contributed by atoms with Crippen LogP contribution in [0.5, 0.6) is 0 Å². The van der Waals surface area contributed by atoms with E-state index in [4.69, 9.17) is 0 Å². The average molecular weight is 363 g/mol.